The quantitative estimate of drug-likeness (QED) is 0.0924. The van der Waals surface area contributed by atoms with E-state index in [1.54, 1.807) is 0 Å². The molecule has 0 spiro atoms. The Labute approximate surface area is 296 Å². The third-order valence-corrected chi connectivity index (χ3v) is 10.3. The highest BCUT2D eigenvalue weighted by atomic mass is 32.2. The Morgan fingerprint density at radius 1 is 0.812 bits per heavy atom. The van der Waals surface area contributed by atoms with Crippen LogP contribution in [0.15, 0.2) is 24.3 Å². The lowest BCUT2D eigenvalue weighted by molar-refractivity contribution is -0.118. The first-order chi connectivity index (χ1) is 22.9. The number of carbonyl (C=O) groups is 1. The standard InChI is InChI=1S/C36H65N3O7S2/c1-6-7-8-9-10-11-17-43-18-19-44-20-21-45-22-23-46-24-25-47-30-34(40)37-16-26-48(41,42)38-33-14-12-31(13-15-33)27-32-28-35(2,3)39-36(4,5)29-32/h12-15,32,38-39H,6-11,16-30H2,1-5H3,(H,37,40). The number of rotatable bonds is 28. The summed E-state index contributed by atoms with van der Waals surface area (Å²) < 4.78 is 49.9. The van der Waals surface area contributed by atoms with Crippen molar-refractivity contribution in [1.82, 2.24) is 10.6 Å². The first-order valence-electron chi connectivity index (χ1n) is 17.9. The molecule has 2 rings (SSSR count). The van der Waals surface area contributed by atoms with Crippen molar-refractivity contribution in [3.63, 3.8) is 0 Å². The number of hydrogen-bond donors (Lipinski definition) is 3. The smallest absolute Gasteiger partial charge is 0.234 e. The Balaban J connectivity index is 1.41. The predicted octanol–water partition coefficient (Wildman–Crippen LogP) is 5.80. The van der Waals surface area contributed by atoms with E-state index in [1.165, 1.54) is 49.4 Å². The van der Waals surface area contributed by atoms with E-state index in [0.717, 1.165) is 32.3 Å². The fourth-order valence-electron chi connectivity index (χ4n) is 6.36. The number of carbonyl (C=O) groups excluding carboxylic acids is 1. The van der Waals surface area contributed by atoms with E-state index in [4.69, 9.17) is 18.9 Å². The maximum absolute atomic E-state index is 12.6. The number of thioether (sulfide) groups is 1. The summed E-state index contributed by atoms with van der Waals surface area (Å²) in [5, 5.41) is 6.41. The number of unbranched alkanes of at least 4 members (excludes halogenated alkanes) is 5. The number of ether oxygens (including phenoxy) is 4. The largest absolute Gasteiger partial charge is 0.379 e. The first kappa shape index (κ1) is 42.8. The Morgan fingerprint density at radius 3 is 1.96 bits per heavy atom. The van der Waals surface area contributed by atoms with Gasteiger partial charge >= 0.3 is 0 Å². The summed E-state index contributed by atoms with van der Waals surface area (Å²) in [5.41, 5.74) is 1.93. The highest BCUT2D eigenvalue weighted by Crippen LogP contribution is 2.34. The van der Waals surface area contributed by atoms with Crippen molar-refractivity contribution in [2.24, 2.45) is 5.92 Å². The van der Waals surface area contributed by atoms with Crippen molar-refractivity contribution in [3.8, 4) is 0 Å². The lowest BCUT2D eigenvalue weighted by Crippen LogP contribution is -2.58. The van der Waals surface area contributed by atoms with Crippen LogP contribution >= 0.6 is 11.8 Å². The molecule has 3 N–H and O–H groups in total. The summed E-state index contributed by atoms with van der Waals surface area (Å²) in [7, 11) is -3.58. The topological polar surface area (TPSA) is 124 Å². The van der Waals surface area contributed by atoms with Crippen molar-refractivity contribution < 1.29 is 32.2 Å². The second-order valence-corrected chi connectivity index (χ2v) is 17.1. The van der Waals surface area contributed by atoms with E-state index in [-0.39, 0.29) is 35.0 Å². The maximum Gasteiger partial charge on any atom is 0.234 e. The predicted molar refractivity (Wildman–Crippen MR) is 199 cm³/mol. The second kappa shape index (κ2) is 23.9. The normalized spacial score (nSPS) is 16.2. The molecule has 278 valence electrons. The molecule has 1 aliphatic heterocycles. The fraction of sp³-hybridized carbons (Fsp3) is 0.806. The average molecular weight is 716 g/mol. The van der Waals surface area contributed by atoms with E-state index in [2.05, 4.69) is 50.0 Å². The van der Waals surface area contributed by atoms with Crippen molar-refractivity contribution in [1.29, 1.82) is 0 Å². The van der Waals surface area contributed by atoms with Crippen LogP contribution in [-0.2, 0) is 40.2 Å². The van der Waals surface area contributed by atoms with Crippen LogP contribution in [0.25, 0.3) is 0 Å². The van der Waals surface area contributed by atoms with Crippen molar-refractivity contribution >= 4 is 33.4 Å². The molecule has 0 bridgehead atoms. The minimum atomic E-state index is -3.58. The first-order valence-corrected chi connectivity index (χ1v) is 20.7. The SMILES string of the molecule is CCCCCCCCOCCOCCOCCOCCSCC(=O)NCCS(=O)(=O)Nc1ccc(CC2CC(C)(C)NC(C)(C)C2)cc1. The molecule has 1 fully saturated rings. The molecule has 0 saturated carbocycles. The number of sulfonamides is 1. The van der Waals surface area contributed by atoms with Crippen molar-refractivity contribution in [3.05, 3.63) is 29.8 Å². The van der Waals surface area contributed by atoms with Gasteiger partial charge in [0.05, 0.1) is 57.8 Å². The molecule has 48 heavy (non-hydrogen) atoms. The Kier molecular flexibility index (Phi) is 21.3. The summed E-state index contributed by atoms with van der Waals surface area (Å²) in [4.78, 5) is 12.1. The molecule has 0 radical (unpaired) electrons. The number of hydrogen-bond acceptors (Lipinski definition) is 9. The Hall–Kier alpha value is -1.41. The van der Waals surface area contributed by atoms with Gasteiger partial charge in [-0.1, -0.05) is 51.2 Å². The molecule has 1 aromatic carbocycles. The van der Waals surface area contributed by atoms with Crippen molar-refractivity contribution in [2.45, 2.75) is 103 Å². The van der Waals surface area contributed by atoms with Gasteiger partial charge in [-0.3, -0.25) is 9.52 Å². The molecule has 1 saturated heterocycles. The van der Waals surface area contributed by atoms with E-state index in [1.807, 2.05) is 24.3 Å². The molecule has 10 nitrogen and oxygen atoms in total. The Bertz CT molecular complexity index is 1090. The summed E-state index contributed by atoms with van der Waals surface area (Å²) in [5.74, 6) is 1.10. The fourth-order valence-corrected chi connectivity index (χ4v) is 7.99. The summed E-state index contributed by atoms with van der Waals surface area (Å²) in [6.07, 6.45) is 10.8. The zero-order chi connectivity index (χ0) is 35.1. The molecule has 1 heterocycles. The maximum atomic E-state index is 12.6. The van der Waals surface area contributed by atoms with Gasteiger partial charge in [-0.15, -0.1) is 11.8 Å². The minimum Gasteiger partial charge on any atom is -0.379 e. The van der Waals surface area contributed by atoms with Crippen LogP contribution in [0, 0.1) is 5.92 Å². The van der Waals surface area contributed by atoms with Crippen LogP contribution in [0.3, 0.4) is 0 Å². The van der Waals surface area contributed by atoms with Gasteiger partial charge in [0.25, 0.3) is 0 Å². The summed E-state index contributed by atoms with van der Waals surface area (Å²) in [6, 6.07) is 7.64. The lowest BCUT2D eigenvalue weighted by atomic mass is 9.74. The van der Waals surface area contributed by atoms with Crippen molar-refractivity contribution in [2.75, 3.05) is 81.4 Å². The van der Waals surface area contributed by atoms with Gasteiger partial charge in [-0.25, -0.2) is 8.42 Å². The van der Waals surface area contributed by atoms with Crippen LogP contribution in [0.4, 0.5) is 5.69 Å². The molecule has 1 aliphatic rings. The average Bonchev–Trinajstić information content (AvgIpc) is 2.99. The van der Waals surface area contributed by atoms with Gasteiger partial charge in [0.1, 0.15) is 0 Å². The highest BCUT2D eigenvalue weighted by molar-refractivity contribution is 7.99. The van der Waals surface area contributed by atoms with E-state index >= 15 is 0 Å². The number of amides is 1. The van der Waals surface area contributed by atoms with E-state index < -0.39 is 10.0 Å². The van der Waals surface area contributed by atoms with E-state index in [9.17, 15) is 13.2 Å². The third-order valence-electron chi connectivity index (χ3n) is 8.08. The molecular weight excluding hydrogens is 651 g/mol. The van der Waals surface area contributed by atoms with Gasteiger partial charge in [0.2, 0.25) is 15.9 Å². The van der Waals surface area contributed by atoms with Gasteiger partial charge < -0.3 is 29.6 Å². The van der Waals surface area contributed by atoms with Gasteiger partial charge in [-0.05, 0) is 77.0 Å². The molecule has 0 atom stereocenters. The second-order valence-electron chi connectivity index (χ2n) is 14.1. The zero-order valence-corrected chi connectivity index (χ0v) is 32.0. The molecule has 0 aromatic heterocycles. The number of benzene rings is 1. The number of nitrogens with one attached hydrogen (secondary N) is 3. The lowest BCUT2D eigenvalue weighted by Gasteiger charge is -2.46. The van der Waals surface area contributed by atoms with E-state index in [0.29, 0.717) is 63.6 Å². The molecule has 0 aliphatic carbocycles. The minimum absolute atomic E-state index is 0.0534. The van der Waals surface area contributed by atoms with Gasteiger partial charge in [0, 0.05) is 35.7 Å². The Morgan fingerprint density at radius 2 is 1.35 bits per heavy atom. The highest BCUT2D eigenvalue weighted by Gasteiger charge is 2.37. The molecule has 12 heteroatoms. The molecular formula is C36H65N3O7S2. The number of anilines is 1. The summed E-state index contributed by atoms with van der Waals surface area (Å²) >= 11 is 1.45. The summed E-state index contributed by atoms with van der Waals surface area (Å²) in [6.45, 7) is 15.8. The molecule has 1 amide bonds. The third kappa shape index (κ3) is 21.6. The zero-order valence-electron chi connectivity index (χ0n) is 30.4. The van der Waals surface area contributed by atoms with Gasteiger partial charge in [0.15, 0.2) is 0 Å². The van der Waals surface area contributed by atoms with Crippen LogP contribution in [0.1, 0.15) is 91.5 Å². The molecule has 0 unspecified atom stereocenters. The number of piperidine rings is 1. The van der Waals surface area contributed by atoms with Crippen LogP contribution < -0.4 is 15.4 Å². The van der Waals surface area contributed by atoms with Gasteiger partial charge in [-0.2, -0.15) is 0 Å². The van der Waals surface area contributed by atoms with Crippen LogP contribution in [0.5, 0.6) is 0 Å². The van der Waals surface area contributed by atoms with Crippen LogP contribution in [0.2, 0.25) is 0 Å². The van der Waals surface area contributed by atoms with Crippen LogP contribution in [-0.4, -0.2) is 102 Å². The molecule has 1 aromatic rings. The monoisotopic (exact) mass is 715 g/mol.